The number of allylic oxidation sites excluding steroid dienone is 2. The summed E-state index contributed by atoms with van der Waals surface area (Å²) in [5, 5.41) is 8.92. The second kappa shape index (κ2) is 8.11. The third kappa shape index (κ3) is 4.54. The Hall–Kier alpha value is -2.44. The molecule has 0 saturated heterocycles. The topological polar surface area (TPSA) is 90.4 Å². The number of imidazole rings is 1. The Morgan fingerprint density at radius 1 is 1.41 bits per heavy atom. The minimum Gasteiger partial charge on any atom is -0.479 e. The zero-order valence-corrected chi connectivity index (χ0v) is 12.1. The van der Waals surface area contributed by atoms with E-state index in [1.54, 1.807) is 12.5 Å². The number of benzene rings is 1. The largest absolute Gasteiger partial charge is 0.479 e. The van der Waals surface area contributed by atoms with Crippen molar-refractivity contribution in [2.24, 2.45) is 5.90 Å². The Labute approximate surface area is 128 Å². The summed E-state index contributed by atoms with van der Waals surface area (Å²) in [5.41, 5.74) is 2.19. The van der Waals surface area contributed by atoms with Gasteiger partial charge in [-0.3, -0.25) is 4.84 Å². The molecule has 0 amide bonds. The van der Waals surface area contributed by atoms with Gasteiger partial charge in [-0.25, -0.2) is 15.7 Å². The van der Waals surface area contributed by atoms with Crippen LogP contribution >= 0.6 is 0 Å². The predicted octanol–water partition coefficient (Wildman–Crippen LogP) is 2.09. The monoisotopic (exact) mass is 301 g/mol. The summed E-state index contributed by atoms with van der Waals surface area (Å²) in [5.74, 6) is 3.95. The molecule has 22 heavy (non-hydrogen) atoms. The quantitative estimate of drug-likeness (QED) is 0.729. The summed E-state index contributed by atoms with van der Waals surface area (Å²) in [4.78, 5) is 19.4. The highest BCUT2D eigenvalue weighted by molar-refractivity contribution is 5.72. The van der Waals surface area contributed by atoms with Gasteiger partial charge in [-0.05, 0) is 24.0 Å². The zero-order valence-electron chi connectivity index (χ0n) is 12.1. The summed E-state index contributed by atoms with van der Waals surface area (Å²) in [7, 11) is 0. The van der Waals surface area contributed by atoms with Crippen molar-refractivity contribution >= 4 is 11.5 Å². The second-order valence-corrected chi connectivity index (χ2v) is 4.87. The van der Waals surface area contributed by atoms with Gasteiger partial charge >= 0.3 is 5.97 Å². The normalized spacial score (nSPS) is 13.0. The molecular formula is C16H19N3O3. The van der Waals surface area contributed by atoms with Gasteiger partial charge in [-0.1, -0.05) is 36.4 Å². The minimum absolute atomic E-state index is 0.325. The molecule has 0 fully saturated rings. The fourth-order valence-corrected chi connectivity index (χ4v) is 2.16. The number of aliphatic carboxylic acids is 1. The van der Waals surface area contributed by atoms with Gasteiger partial charge in [-0.2, -0.15) is 0 Å². The molecule has 0 aliphatic carbocycles. The van der Waals surface area contributed by atoms with E-state index in [0.717, 1.165) is 11.1 Å². The van der Waals surface area contributed by atoms with E-state index in [1.807, 2.05) is 47.2 Å². The molecule has 1 heterocycles. The average Bonchev–Trinajstić information content (AvgIpc) is 3.04. The van der Waals surface area contributed by atoms with Crippen molar-refractivity contribution < 1.29 is 14.7 Å². The molecule has 1 atom stereocenters. The van der Waals surface area contributed by atoms with Crippen LogP contribution in [0.2, 0.25) is 0 Å². The molecule has 0 aliphatic rings. The van der Waals surface area contributed by atoms with Crippen LogP contribution < -0.4 is 5.90 Å². The third-order valence-electron chi connectivity index (χ3n) is 3.32. The molecule has 3 N–H and O–H groups in total. The average molecular weight is 301 g/mol. The van der Waals surface area contributed by atoms with Gasteiger partial charge in [-0.15, -0.1) is 0 Å². The highest BCUT2D eigenvalue weighted by Gasteiger charge is 2.16. The standard InChI is InChI=1S/C16H19N3O3/c17-22-15(16(20)21)8-4-7-14(11-19-10-9-18-12-19)13-5-2-1-3-6-13/h1-3,5-7,9-10,12,15H,4,8,11,17H2,(H,20,21)/b14-7+. The highest BCUT2D eigenvalue weighted by Crippen LogP contribution is 2.18. The van der Waals surface area contributed by atoms with Gasteiger partial charge in [0.25, 0.3) is 0 Å². The van der Waals surface area contributed by atoms with Gasteiger partial charge in [0, 0.05) is 18.9 Å². The van der Waals surface area contributed by atoms with Gasteiger partial charge in [0.1, 0.15) is 0 Å². The fourth-order valence-electron chi connectivity index (χ4n) is 2.16. The maximum Gasteiger partial charge on any atom is 0.334 e. The number of rotatable bonds is 8. The number of carboxylic acids is 1. The highest BCUT2D eigenvalue weighted by atomic mass is 16.6. The van der Waals surface area contributed by atoms with E-state index in [0.29, 0.717) is 19.4 Å². The van der Waals surface area contributed by atoms with Crippen LogP contribution in [0.3, 0.4) is 0 Å². The molecule has 6 nitrogen and oxygen atoms in total. The Bertz CT molecular complexity index is 609. The van der Waals surface area contributed by atoms with Crippen molar-refractivity contribution in [3.63, 3.8) is 0 Å². The first-order chi connectivity index (χ1) is 10.7. The van der Waals surface area contributed by atoms with Crippen molar-refractivity contribution in [3.05, 3.63) is 60.7 Å². The van der Waals surface area contributed by atoms with E-state index in [-0.39, 0.29) is 0 Å². The molecule has 1 aromatic carbocycles. The molecule has 0 saturated carbocycles. The Morgan fingerprint density at radius 3 is 2.77 bits per heavy atom. The fraction of sp³-hybridized carbons (Fsp3) is 0.250. The van der Waals surface area contributed by atoms with Crippen molar-refractivity contribution in [3.8, 4) is 0 Å². The molecule has 116 valence electrons. The van der Waals surface area contributed by atoms with E-state index >= 15 is 0 Å². The molecule has 0 radical (unpaired) electrons. The number of carboxylic acid groups (broad SMARTS) is 1. The van der Waals surface area contributed by atoms with Gasteiger partial charge in [0.15, 0.2) is 6.10 Å². The first kappa shape index (κ1) is 15.9. The summed E-state index contributed by atoms with van der Waals surface area (Å²) in [6.45, 7) is 0.672. The summed E-state index contributed by atoms with van der Waals surface area (Å²) in [6.07, 6.45) is 7.29. The number of nitrogens with zero attached hydrogens (tertiary/aromatic N) is 2. The molecule has 0 spiro atoms. The number of hydrogen-bond acceptors (Lipinski definition) is 4. The first-order valence-electron chi connectivity index (χ1n) is 6.99. The Kier molecular flexibility index (Phi) is 5.88. The lowest BCUT2D eigenvalue weighted by molar-refractivity contribution is -0.151. The summed E-state index contributed by atoms with van der Waals surface area (Å²) < 4.78 is 1.97. The number of hydrogen-bond donors (Lipinski definition) is 2. The number of aromatic nitrogens is 2. The second-order valence-electron chi connectivity index (χ2n) is 4.87. The van der Waals surface area contributed by atoms with E-state index in [1.165, 1.54) is 0 Å². The number of nitrogens with two attached hydrogens (primary N) is 1. The first-order valence-corrected chi connectivity index (χ1v) is 6.99. The van der Waals surface area contributed by atoms with Crippen LogP contribution in [0.4, 0.5) is 0 Å². The molecule has 6 heteroatoms. The van der Waals surface area contributed by atoms with Crippen LogP contribution in [0.25, 0.3) is 5.57 Å². The lowest BCUT2D eigenvalue weighted by atomic mass is 10.0. The van der Waals surface area contributed by atoms with Gasteiger partial charge in [0.2, 0.25) is 0 Å². The van der Waals surface area contributed by atoms with Crippen molar-refractivity contribution in [2.75, 3.05) is 0 Å². The third-order valence-corrected chi connectivity index (χ3v) is 3.32. The van der Waals surface area contributed by atoms with E-state index < -0.39 is 12.1 Å². The van der Waals surface area contributed by atoms with Crippen LogP contribution in [-0.2, 0) is 16.2 Å². The van der Waals surface area contributed by atoms with E-state index in [9.17, 15) is 4.79 Å². The smallest absolute Gasteiger partial charge is 0.334 e. The molecule has 2 aromatic rings. The molecule has 1 aromatic heterocycles. The van der Waals surface area contributed by atoms with Crippen LogP contribution in [0.15, 0.2) is 55.1 Å². The van der Waals surface area contributed by atoms with Crippen LogP contribution in [-0.4, -0.2) is 26.7 Å². The van der Waals surface area contributed by atoms with Crippen LogP contribution in [0, 0.1) is 0 Å². The van der Waals surface area contributed by atoms with Crippen molar-refractivity contribution in [2.45, 2.75) is 25.5 Å². The Morgan fingerprint density at radius 2 is 2.18 bits per heavy atom. The molecule has 0 bridgehead atoms. The molecule has 0 aliphatic heterocycles. The number of carbonyl (C=O) groups is 1. The van der Waals surface area contributed by atoms with Crippen LogP contribution in [0.5, 0.6) is 0 Å². The van der Waals surface area contributed by atoms with Gasteiger partial charge in [0.05, 0.1) is 6.33 Å². The van der Waals surface area contributed by atoms with Crippen LogP contribution in [0.1, 0.15) is 18.4 Å². The van der Waals surface area contributed by atoms with E-state index in [2.05, 4.69) is 9.82 Å². The summed E-state index contributed by atoms with van der Waals surface area (Å²) in [6, 6.07) is 9.95. The lowest BCUT2D eigenvalue weighted by Crippen LogP contribution is -2.26. The van der Waals surface area contributed by atoms with E-state index in [4.69, 9.17) is 11.0 Å². The minimum atomic E-state index is -1.05. The maximum atomic E-state index is 10.9. The summed E-state index contributed by atoms with van der Waals surface area (Å²) >= 11 is 0. The predicted molar refractivity (Wildman–Crippen MR) is 82.6 cm³/mol. The zero-order chi connectivity index (χ0) is 15.8. The van der Waals surface area contributed by atoms with Crippen molar-refractivity contribution in [1.29, 1.82) is 0 Å². The maximum absolute atomic E-state index is 10.9. The molecule has 1 unspecified atom stereocenters. The molecular weight excluding hydrogens is 282 g/mol. The SMILES string of the molecule is NOC(CC/C=C(\Cn1ccnc1)c1ccccc1)C(=O)O. The molecule has 2 rings (SSSR count). The van der Waals surface area contributed by atoms with Gasteiger partial charge < -0.3 is 9.67 Å². The lowest BCUT2D eigenvalue weighted by Gasteiger charge is -2.11. The Balaban J connectivity index is 2.10. The van der Waals surface area contributed by atoms with Crippen molar-refractivity contribution in [1.82, 2.24) is 9.55 Å².